The van der Waals surface area contributed by atoms with Gasteiger partial charge in [0.2, 0.25) is 0 Å². The van der Waals surface area contributed by atoms with Crippen LogP contribution >= 0.6 is 0 Å². The Bertz CT molecular complexity index is 301. The van der Waals surface area contributed by atoms with Gasteiger partial charge in [-0.25, -0.2) is 0 Å². The lowest BCUT2D eigenvalue weighted by Gasteiger charge is -2.09. The minimum atomic E-state index is -0.366. The Labute approximate surface area is 91.2 Å². The van der Waals surface area contributed by atoms with Gasteiger partial charge in [-0.05, 0) is 31.0 Å². The Kier molecular flexibility index (Phi) is 4.91. The summed E-state index contributed by atoms with van der Waals surface area (Å²) in [4.78, 5) is 0. The van der Waals surface area contributed by atoms with Gasteiger partial charge < -0.3 is 9.84 Å². The molecule has 0 aliphatic heterocycles. The molecule has 0 saturated carbocycles. The molecule has 1 atom stereocenters. The maximum Gasteiger partial charge on any atom is 0.119 e. The number of aliphatic hydroxyl groups excluding tert-OH is 1. The SMILES string of the molecule is C/C=C/COc1ccc(C(O)CC)cc1. The first kappa shape index (κ1) is 11.8. The van der Waals surface area contributed by atoms with Gasteiger partial charge in [-0.3, -0.25) is 0 Å². The number of rotatable bonds is 5. The summed E-state index contributed by atoms with van der Waals surface area (Å²) in [6.45, 7) is 4.51. The Morgan fingerprint density at radius 1 is 1.33 bits per heavy atom. The molecule has 0 aliphatic carbocycles. The summed E-state index contributed by atoms with van der Waals surface area (Å²) < 4.78 is 5.45. The van der Waals surface area contributed by atoms with Crippen LogP contribution in [0.5, 0.6) is 5.75 Å². The molecule has 1 unspecified atom stereocenters. The van der Waals surface area contributed by atoms with Gasteiger partial charge in [0.25, 0.3) is 0 Å². The maximum absolute atomic E-state index is 9.58. The Morgan fingerprint density at radius 2 is 2.00 bits per heavy atom. The average Bonchev–Trinajstić information content (AvgIpc) is 2.29. The van der Waals surface area contributed by atoms with Gasteiger partial charge in [0.05, 0.1) is 6.10 Å². The molecule has 1 N–H and O–H groups in total. The van der Waals surface area contributed by atoms with Crippen molar-refractivity contribution in [3.05, 3.63) is 42.0 Å². The highest BCUT2D eigenvalue weighted by molar-refractivity contribution is 5.28. The van der Waals surface area contributed by atoms with E-state index in [9.17, 15) is 5.11 Å². The summed E-state index contributed by atoms with van der Waals surface area (Å²) in [6.07, 6.45) is 4.28. The largest absolute Gasteiger partial charge is 0.490 e. The van der Waals surface area contributed by atoms with Gasteiger partial charge in [-0.1, -0.05) is 31.2 Å². The lowest BCUT2D eigenvalue weighted by Crippen LogP contribution is -1.96. The lowest BCUT2D eigenvalue weighted by molar-refractivity contribution is 0.173. The number of hydrogen-bond acceptors (Lipinski definition) is 2. The highest BCUT2D eigenvalue weighted by Gasteiger charge is 2.03. The zero-order valence-corrected chi connectivity index (χ0v) is 9.31. The minimum Gasteiger partial charge on any atom is -0.490 e. The summed E-state index contributed by atoms with van der Waals surface area (Å²) in [5, 5.41) is 9.58. The summed E-state index contributed by atoms with van der Waals surface area (Å²) in [5.74, 6) is 0.833. The molecule has 82 valence electrons. The topological polar surface area (TPSA) is 29.5 Å². The predicted octanol–water partition coefficient (Wildman–Crippen LogP) is 3.08. The molecule has 1 aromatic rings. The van der Waals surface area contributed by atoms with Gasteiger partial charge >= 0.3 is 0 Å². The Balaban J connectivity index is 2.56. The Morgan fingerprint density at radius 3 is 2.53 bits per heavy atom. The van der Waals surface area contributed by atoms with E-state index < -0.39 is 0 Å². The second kappa shape index (κ2) is 6.25. The van der Waals surface area contributed by atoms with Crippen LogP contribution in [0.4, 0.5) is 0 Å². The van der Waals surface area contributed by atoms with Crippen molar-refractivity contribution in [2.24, 2.45) is 0 Å². The molecule has 0 spiro atoms. The molecule has 0 aromatic heterocycles. The highest BCUT2D eigenvalue weighted by Crippen LogP contribution is 2.19. The second-order valence-corrected chi connectivity index (χ2v) is 3.37. The van der Waals surface area contributed by atoms with E-state index >= 15 is 0 Å². The third kappa shape index (κ3) is 3.76. The van der Waals surface area contributed by atoms with E-state index in [1.165, 1.54) is 0 Å². The van der Waals surface area contributed by atoms with E-state index in [1.807, 2.05) is 50.3 Å². The molecule has 0 amide bonds. The molecule has 0 saturated heterocycles. The van der Waals surface area contributed by atoms with Crippen LogP contribution in [-0.2, 0) is 0 Å². The first-order valence-corrected chi connectivity index (χ1v) is 5.30. The van der Waals surface area contributed by atoms with Crippen molar-refractivity contribution in [1.82, 2.24) is 0 Å². The van der Waals surface area contributed by atoms with Crippen molar-refractivity contribution in [3.8, 4) is 5.75 Å². The molecule has 0 radical (unpaired) electrons. The highest BCUT2D eigenvalue weighted by atomic mass is 16.5. The van der Waals surface area contributed by atoms with Crippen molar-refractivity contribution in [1.29, 1.82) is 0 Å². The fraction of sp³-hybridized carbons (Fsp3) is 0.385. The van der Waals surface area contributed by atoms with Crippen LogP contribution in [0.1, 0.15) is 31.9 Å². The summed E-state index contributed by atoms with van der Waals surface area (Å²) in [6, 6.07) is 7.58. The zero-order chi connectivity index (χ0) is 11.1. The quantitative estimate of drug-likeness (QED) is 0.750. The van der Waals surface area contributed by atoms with Crippen molar-refractivity contribution in [3.63, 3.8) is 0 Å². The Hall–Kier alpha value is -1.28. The van der Waals surface area contributed by atoms with Crippen molar-refractivity contribution < 1.29 is 9.84 Å². The smallest absolute Gasteiger partial charge is 0.119 e. The third-order valence-electron chi connectivity index (χ3n) is 2.23. The van der Waals surface area contributed by atoms with Crippen LogP contribution in [0.2, 0.25) is 0 Å². The van der Waals surface area contributed by atoms with E-state index in [4.69, 9.17) is 4.74 Å². The predicted molar refractivity (Wildman–Crippen MR) is 62.0 cm³/mol. The molecule has 1 rings (SSSR count). The van der Waals surface area contributed by atoms with Crippen molar-refractivity contribution >= 4 is 0 Å². The number of benzene rings is 1. The van der Waals surface area contributed by atoms with Crippen molar-refractivity contribution in [2.45, 2.75) is 26.4 Å². The van der Waals surface area contributed by atoms with Gasteiger partial charge in [0.15, 0.2) is 0 Å². The van der Waals surface area contributed by atoms with E-state index in [0.29, 0.717) is 6.61 Å². The third-order valence-corrected chi connectivity index (χ3v) is 2.23. The zero-order valence-electron chi connectivity index (χ0n) is 9.31. The van der Waals surface area contributed by atoms with Gasteiger partial charge in [-0.15, -0.1) is 0 Å². The van der Waals surface area contributed by atoms with E-state index in [-0.39, 0.29) is 6.10 Å². The lowest BCUT2D eigenvalue weighted by atomic mass is 10.1. The maximum atomic E-state index is 9.58. The standard InChI is InChI=1S/C13H18O2/c1-3-5-10-15-12-8-6-11(7-9-12)13(14)4-2/h3,5-9,13-14H,4,10H2,1-2H3/b5-3+. The van der Waals surface area contributed by atoms with Crippen LogP contribution in [0.3, 0.4) is 0 Å². The second-order valence-electron chi connectivity index (χ2n) is 3.37. The van der Waals surface area contributed by atoms with E-state index in [0.717, 1.165) is 17.7 Å². The number of hydrogen-bond donors (Lipinski definition) is 1. The summed E-state index contributed by atoms with van der Waals surface area (Å²) in [7, 11) is 0. The van der Waals surface area contributed by atoms with Crippen LogP contribution in [0.25, 0.3) is 0 Å². The monoisotopic (exact) mass is 206 g/mol. The first-order chi connectivity index (χ1) is 7.27. The molecule has 2 heteroatoms. The van der Waals surface area contributed by atoms with Crippen LogP contribution < -0.4 is 4.74 Å². The van der Waals surface area contributed by atoms with E-state index in [2.05, 4.69) is 0 Å². The molecule has 0 heterocycles. The number of ether oxygens (including phenoxy) is 1. The molecule has 1 aromatic carbocycles. The summed E-state index contributed by atoms with van der Waals surface area (Å²) in [5.41, 5.74) is 0.941. The number of allylic oxidation sites excluding steroid dienone is 1. The average molecular weight is 206 g/mol. The van der Waals surface area contributed by atoms with Gasteiger partial charge in [-0.2, -0.15) is 0 Å². The molecular weight excluding hydrogens is 188 g/mol. The van der Waals surface area contributed by atoms with Crippen LogP contribution in [0, 0.1) is 0 Å². The molecule has 2 nitrogen and oxygen atoms in total. The molecule has 0 fully saturated rings. The minimum absolute atomic E-state index is 0.366. The van der Waals surface area contributed by atoms with Crippen molar-refractivity contribution in [2.75, 3.05) is 6.61 Å². The molecular formula is C13H18O2. The number of aliphatic hydroxyl groups is 1. The fourth-order valence-electron chi connectivity index (χ4n) is 1.26. The molecule has 0 aliphatic rings. The van der Waals surface area contributed by atoms with Gasteiger partial charge in [0.1, 0.15) is 12.4 Å². The normalized spacial score (nSPS) is 13.0. The van der Waals surface area contributed by atoms with Crippen LogP contribution in [0.15, 0.2) is 36.4 Å². The molecule has 15 heavy (non-hydrogen) atoms. The molecule has 0 bridgehead atoms. The fourth-order valence-corrected chi connectivity index (χ4v) is 1.26. The summed E-state index contributed by atoms with van der Waals surface area (Å²) >= 11 is 0. The van der Waals surface area contributed by atoms with Gasteiger partial charge in [0, 0.05) is 0 Å². The first-order valence-electron chi connectivity index (χ1n) is 5.30. The van der Waals surface area contributed by atoms with Crippen LogP contribution in [-0.4, -0.2) is 11.7 Å². The van der Waals surface area contributed by atoms with E-state index in [1.54, 1.807) is 0 Å².